The van der Waals surface area contributed by atoms with Crippen molar-refractivity contribution in [3.8, 4) is 11.1 Å². The van der Waals surface area contributed by atoms with Crippen LogP contribution in [0.25, 0.3) is 11.1 Å². The second kappa shape index (κ2) is 8.76. The minimum atomic E-state index is -1.12. The Kier molecular flexibility index (Phi) is 5.77. The summed E-state index contributed by atoms with van der Waals surface area (Å²) >= 11 is 0. The van der Waals surface area contributed by atoms with Crippen molar-refractivity contribution in [2.45, 2.75) is 36.8 Å². The summed E-state index contributed by atoms with van der Waals surface area (Å²) in [5.74, 6) is -1.60. The Morgan fingerprint density at radius 2 is 1.71 bits per heavy atom. The van der Waals surface area contributed by atoms with Crippen LogP contribution in [0.4, 0.5) is 4.79 Å². The molecule has 8 heteroatoms. The summed E-state index contributed by atoms with van der Waals surface area (Å²) in [6.45, 7) is 0.829. The number of carbonyl (C=O) groups excluding carboxylic acids is 2. The third kappa shape index (κ3) is 3.81. The first-order valence-corrected chi connectivity index (χ1v) is 11.6. The Morgan fingerprint density at radius 3 is 2.29 bits per heavy atom. The van der Waals surface area contributed by atoms with E-state index in [0.29, 0.717) is 25.9 Å². The highest BCUT2D eigenvalue weighted by molar-refractivity contribution is 5.91. The van der Waals surface area contributed by atoms with Gasteiger partial charge in [0.1, 0.15) is 18.2 Å². The van der Waals surface area contributed by atoms with E-state index in [1.807, 2.05) is 24.3 Å². The molecule has 2 amide bonds. The van der Waals surface area contributed by atoms with Gasteiger partial charge in [-0.15, -0.1) is 0 Å². The van der Waals surface area contributed by atoms with E-state index in [0.717, 1.165) is 22.3 Å². The number of nitrogens with one attached hydrogen (secondary N) is 1. The monoisotopic (exact) mass is 464 g/mol. The Labute approximate surface area is 197 Å². The fourth-order valence-electron chi connectivity index (χ4n) is 5.19. The molecule has 0 bridgehead atoms. The lowest BCUT2D eigenvalue weighted by atomic mass is 9.98. The summed E-state index contributed by atoms with van der Waals surface area (Å²) in [7, 11) is 1.52. The van der Waals surface area contributed by atoms with Gasteiger partial charge in [0.05, 0.1) is 0 Å². The molecular weight excluding hydrogens is 436 g/mol. The number of carboxylic acid groups (broad SMARTS) is 1. The lowest BCUT2D eigenvalue weighted by molar-refractivity contribution is -0.156. The van der Waals surface area contributed by atoms with Crippen molar-refractivity contribution in [1.29, 1.82) is 0 Å². The van der Waals surface area contributed by atoms with E-state index in [-0.39, 0.29) is 30.9 Å². The van der Waals surface area contributed by atoms with Gasteiger partial charge in [-0.25, -0.2) is 9.59 Å². The van der Waals surface area contributed by atoms with E-state index >= 15 is 0 Å². The molecule has 0 spiro atoms. The van der Waals surface area contributed by atoms with Gasteiger partial charge >= 0.3 is 12.1 Å². The standard InChI is InChI=1S/C26H28N2O6/c1-28(26(11-12-26)24(30)31)23(29)22-16(10-13-33-22)14-27-25(32)34-15-21-19-8-4-2-6-17(19)18-7-3-5-9-20(18)21/h2-9,16,21-22H,10-15H2,1H3,(H,27,32)(H,30,31). The number of rotatable bonds is 7. The van der Waals surface area contributed by atoms with Crippen LogP contribution < -0.4 is 5.32 Å². The molecule has 2 unspecified atom stereocenters. The van der Waals surface area contributed by atoms with Crippen molar-refractivity contribution >= 4 is 18.0 Å². The number of hydrogen-bond donors (Lipinski definition) is 2. The van der Waals surface area contributed by atoms with Gasteiger partial charge in [0, 0.05) is 32.0 Å². The highest BCUT2D eigenvalue weighted by Gasteiger charge is 2.57. The Bertz CT molecular complexity index is 1080. The number of nitrogens with zero attached hydrogens (tertiary/aromatic N) is 1. The quantitative estimate of drug-likeness (QED) is 0.653. The van der Waals surface area contributed by atoms with E-state index in [1.54, 1.807) is 0 Å². The van der Waals surface area contributed by atoms with Crippen LogP contribution in [0.5, 0.6) is 0 Å². The minimum absolute atomic E-state index is 0.0262. The molecule has 1 saturated carbocycles. The molecule has 3 aliphatic rings. The summed E-state index contributed by atoms with van der Waals surface area (Å²) in [4.78, 5) is 38.3. The molecule has 2 N–H and O–H groups in total. The molecule has 0 aromatic heterocycles. The molecule has 5 rings (SSSR count). The van der Waals surface area contributed by atoms with Gasteiger partial charge < -0.3 is 24.8 Å². The normalized spacial score (nSPS) is 21.9. The molecule has 8 nitrogen and oxygen atoms in total. The summed E-state index contributed by atoms with van der Waals surface area (Å²) in [6, 6.07) is 16.3. The fraction of sp³-hybridized carbons (Fsp3) is 0.423. The molecule has 178 valence electrons. The molecule has 0 radical (unpaired) electrons. The summed E-state index contributed by atoms with van der Waals surface area (Å²) < 4.78 is 11.2. The highest BCUT2D eigenvalue weighted by Crippen LogP contribution is 2.44. The zero-order chi connectivity index (χ0) is 23.9. The molecule has 2 aromatic carbocycles. The van der Waals surface area contributed by atoms with Crippen molar-refractivity contribution < 1.29 is 29.0 Å². The van der Waals surface area contributed by atoms with E-state index in [4.69, 9.17) is 9.47 Å². The van der Waals surface area contributed by atoms with Crippen LogP contribution in [0.15, 0.2) is 48.5 Å². The van der Waals surface area contributed by atoms with Crippen LogP contribution >= 0.6 is 0 Å². The number of benzene rings is 2. The predicted octanol–water partition coefficient (Wildman–Crippen LogP) is 3.01. The van der Waals surface area contributed by atoms with E-state index in [9.17, 15) is 19.5 Å². The first kappa shape index (κ1) is 22.4. The average Bonchev–Trinajstić information content (AvgIpc) is 3.43. The smallest absolute Gasteiger partial charge is 0.407 e. The van der Waals surface area contributed by atoms with E-state index < -0.39 is 23.7 Å². The second-order valence-electron chi connectivity index (χ2n) is 9.28. The second-order valence-corrected chi connectivity index (χ2v) is 9.28. The van der Waals surface area contributed by atoms with Gasteiger partial charge in [0.15, 0.2) is 0 Å². The maximum absolute atomic E-state index is 12.9. The fourth-order valence-corrected chi connectivity index (χ4v) is 5.19. The van der Waals surface area contributed by atoms with Crippen LogP contribution in [-0.4, -0.2) is 66.4 Å². The molecule has 2 aromatic rings. The average molecular weight is 465 g/mol. The summed E-state index contributed by atoms with van der Waals surface area (Å²) in [5, 5.41) is 12.2. The predicted molar refractivity (Wildman–Crippen MR) is 123 cm³/mol. The largest absolute Gasteiger partial charge is 0.479 e. The molecular formula is C26H28N2O6. The van der Waals surface area contributed by atoms with Crippen molar-refractivity contribution in [3.05, 3.63) is 59.7 Å². The minimum Gasteiger partial charge on any atom is -0.479 e. The van der Waals surface area contributed by atoms with Gasteiger partial charge in [-0.1, -0.05) is 48.5 Å². The highest BCUT2D eigenvalue weighted by atomic mass is 16.5. The lowest BCUT2D eigenvalue weighted by Crippen LogP contribution is -2.51. The first-order valence-electron chi connectivity index (χ1n) is 11.6. The maximum atomic E-state index is 12.9. The molecule has 1 aliphatic heterocycles. The number of likely N-dealkylation sites (N-methyl/N-ethyl adjacent to an activating group) is 1. The SMILES string of the molecule is CN(C(=O)C1OCCC1CNC(=O)OCC1c2ccccc2-c2ccccc21)C1(C(=O)O)CC1. The summed E-state index contributed by atoms with van der Waals surface area (Å²) in [5.41, 5.74) is 3.49. The number of alkyl carbamates (subject to hydrolysis) is 1. The van der Waals surface area contributed by atoms with Crippen molar-refractivity contribution in [1.82, 2.24) is 10.2 Å². The van der Waals surface area contributed by atoms with Gasteiger partial charge in [-0.3, -0.25) is 4.79 Å². The number of amides is 2. The third-order valence-electron chi connectivity index (χ3n) is 7.40. The van der Waals surface area contributed by atoms with Crippen LogP contribution in [0.2, 0.25) is 0 Å². The molecule has 1 saturated heterocycles. The maximum Gasteiger partial charge on any atom is 0.407 e. The van der Waals surface area contributed by atoms with E-state index in [1.165, 1.54) is 11.9 Å². The van der Waals surface area contributed by atoms with Crippen molar-refractivity contribution in [3.63, 3.8) is 0 Å². The number of carbonyl (C=O) groups is 3. The lowest BCUT2D eigenvalue weighted by Gasteiger charge is -2.29. The van der Waals surface area contributed by atoms with Gasteiger partial charge in [0.2, 0.25) is 0 Å². The molecule has 34 heavy (non-hydrogen) atoms. The van der Waals surface area contributed by atoms with Gasteiger partial charge in [0.25, 0.3) is 5.91 Å². The van der Waals surface area contributed by atoms with Crippen molar-refractivity contribution in [2.24, 2.45) is 5.92 Å². The van der Waals surface area contributed by atoms with Gasteiger partial charge in [-0.05, 0) is 41.5 Å². The Morgan fingerprint density at radius 1 is 1.09 bits per heavy atom. The number of carboxylic acids is 1. The van der Waals surface area contributed by atoms with Crippen LogP contribution in [0.3, 0.4) is 0 Å². The molecule has 1 heterocycles. The Hall–Kier alpha value is -3.39. The van der Waals surface area contributed by atoms with Gasteiger partial charge in [-0.2, -0.15) is 0 Å². The van der Waals surface area contributed by atoms with Crippen LogP contribution in [0.1, 0.15) is 36.3 Å². The number of ether oxygens (including phenoxy) is 2. The zero-order valence-electron chi connectivity index (χ0n) is 19.0. The first-order chi connectivity index (χ1) is 16.4. The number of aliphatic carboxylic acids is 1. The topological polar surface area (TPSA) is 105 Å². The summed E-state index contributed by atoms with van der Waals surface area (Å²) in [6.07, 6.45) is 0.182. The number of fused-ring (bicyclic) bond motifs is 3. The number of hydrogen-bond acceptors (Lipinski definition) is 5. The van der Waals surface area contributed by atoms with Crippen LogP contribution in [0, 0.1) is 5.92 Å². The zero-order valence-corrected chi connectivity index (χ0v) is 19.0. The molecule has 2 atom stereocenters. The van der Waals surface area contributed by atoms with E-state index in [2.05, 4.69) is 29.6 Å². The van der Waals surface area contributed by atoms with Crippen LogP contribution in [-0.2, 0) is 19.1 Å². The third-order valence-corrected chi connectivity index (χ3v) is 7.40. The Balaban J connectivity index is 1.17. The molecule has 2 aliphatic carbocycles. The van der Waals surface area contributed by atoms with Crippen molar-refractivity contribution in [2.75, 3.05) is 26.8 Å². The molecule has 2 fully saturated rings.